The summed E-state index contributed by atoms with van der Waals surface area (Å²) in [6.07, 6.45) is 3.49. The number of nitrogens with two attached hydrogens (primary N) is 1. The van der Waals surface area contributed by atoms with E-state index >= 15 is 0 Å². The largest absolute Gasteiger partial charge is 0.330 e. The SMILES string of the molecule is CCc1cc(C2(CN)CCC2)c(F)cc1F. The highest BCUT2D eigenvalue weighted by Gasteiger charge is 2.39. The summed E-state index contributed by atoms with van der Waals surface area (Å²) in [5, 5.41) is 0. The van der Waals surface area contributed by atoms with Gasteiger partial charge in [0.2, 0.25) is 0 Å². The summed E-state index contributed by atoms with van der Waals surface area (Å²) in [5.74, 6) is -0.893. The van der Waals surface area contributed by atoms with Crippen molar-refractivity contribution < 1.29 is 8.78 Å². The first-order valence-corrected chi connectivity index (χ1v) is 5.81. The highest BCUT2D eigenvalue weighted by molar-refractivity contribution is 5.35. The average Bonchev–Trinajstić information content (AvgIpc) is 2.20. The van der Waals surface area contributed by atoms with E-state index < -0.39 is 11.6 Å². The van der Waals surface area contributed by atoms with Gasteiger partial charge in [-0.3, -0.25) is 0 Å². The van der Waals surface area contributed by atoms with Gasteiger partial charge in [-0.15, -0.1) is 0 Å². The zero-order valence-electron chi connectivity index (χ0n) is 9.52. The summed E-state index contributed by atoms with van der Waals surface area (Å²) in [5.41, 5.74) is 6.69. The van der Waals surface area contributed by atoms with E-state index in [1.165, 1.54) is 0 Å². The highest BCUT2D eigenvalue weighted by Crippen LogP contribution is 2.44. The molecule has 3 heteroatoms. The maximum Gasteiger partial charge on any atom is 0.129 e. The fourth-order valence-electron chi connectivity index (χ4n) is 2.46. The van der Waals surface area contributed by atoms with Crippen molar-refractivity contribution in [2.45, 2.75) is 38.0 Å². The van der Waals surface area contributed by atoms with Crippen LogP contribution in [0.5, 0.6) is 0 Å². The van der Waals surface area contributed by atoms with Crippen LogP contribution in [0.3, 0.4) is 0 Å². The van der Waals surface area contributed by atoms with Crippen LogP contribution in [0.25, 0.3) is 0 Å². The predicted molar refractivity (Wildman–Crippen MR) is 60.3 cm³/mol. The number of halogens is 2. The molecule has 1 fully saturated rings. The van der Waals surface area contributed by atoms with Gasteiger partial charge in [-0.25, -0.2) is 8.78 Å². The summed E-state index contributed by atoms with van der Waals surface area (Å²) in [7, 11) is 0. The Morgan fingerprint density at radius 1 is 1.25 bits per heavy atom. The molecule has 0 aliphatic heterocycles. The third-order valence-electron chi connectivity index (χ3n) is 3.79. The molecular formula is C13H17F2N. The van der Waals surface area contributed by atoms with Gasteiger partial charge in [0.1, 0.15) is 11.6 Å². The lowest BCUT2D eigenvalue weighted by Gasteiger charge is -2.41. The third kappa shape index (κ3) is 1.63. The summed E-state index contributed by atoms with van der Waals surface area (Å²) in [6.45, 7) is 2.31. The lowest BCUT2D eigenvalue weighted by molar-refractivity contribution is 0.244. The Balaban J connectivity index is 2.47. The third-order valence-corrected chi connectivity index (χ3v) is 3.79. The van der Waals surface area contributed by atoms with Crippen LogP contribution in [0.4, 0.5) is 8.78 Å². The standard InChI is InChI=1S/C13H17F2N/c1-2-9-6-10(12(15)7-11(9)14)13(8-16)4-3-5-13/h6-7H,2-5,8,16H2,1H3. The van der Waals surface area contributed by atoms with Gasteiger partial charge in [0, 0.05) is 18.0 Å². The molecule has 88 valence electrons. The molecular weight excluding hydrogens is 208 g/mol. The van der Waals surface area contributed by atoms with Crippen LogP contribution < -0.4 is 5.73 Å². The molecule has 0 radical (unpaired) electrons. The quantitative estimate of drug-likeness (QED) is 0.841. The second-order valence-electron chi connectivity index (χ2n) is 4.62. The molecule has 0 unspecified atom stereocenters. The molecule has 0 bridgehead atoms. The van der Waals surface area contributed by atoms with Gasteiger partial charge >= 0.3 is 0 Å². The van der Waals surface area contributed by atoms with Crippen molar-refractivity contribution in [2.75, 3.05) is 6.54 Å². The van der Waals surface area contributed by atoms with Crippen molar-refractivity contribution in [2.24, 2.45) is 5.73 Å². The minimum Gasteiger partial charge on any atom is -0.330 e. The fraction of sp³-hybridized carbons (Fsp3) is 0.538. The molecule has 2 N–H and O–H groups in total. The first-order chi connectivity index (χ1) is 7.63. The molecule has 0 spiro atoms. The zero-order valence-corrected chi connectivity index (χ0v) is 9.52. The van der Waals surface area contributed by atoms with Gasteiger partial charge < -0.3 is 5.73 Å². The Morgan fingerprint density at radius 2 is 1.94 bits per heavy atom. The lowest BCUT2D eigenvalue weighted by Crippen LogP contribution is -2.42. The Kier molecular flexibility index (Phi) is 2.98. The molecule has 0 aromatic heterocycles. The van der Waals surface area contributed by atoms with Gasteiger partial charge in [-0.05, 0) is 36.5 Å². The van der Waals surface area contributed by atoms with Crippen molar-refractivity contribution in [3.63, 3.8) is 0 Å². The van der Waals surface area contributed by atoms with Crippen molar-refractivity contribution >= 4 is 0 Å². The van der Waals surface area contributed by atoms with Gasteiger partial charge in [0.15, 0.2) is 0 Å². The number of benzene rings is 1. The second kappa shape index (κ2) is 4.13. The average molecular weight is 225 g/mol. The maximum atomic E-state index is 13.8. The van der Waals surface area contributed by atoms with E-state index in [4.69, 9.17) is 5.73 Å². The van der Waals surface area contributed by atoms with E-state index in [1.54, 1.807) is 6.07 Å². The smallest absolute Gasteiger partial charge is 0.129 e. The van der Waals surface area contributed by atoms with E-state index in [0.717, 1.165) is 25.3 Å². The molecule has 1 nitrogen and oxygen atoms in total. The van der Waals surface area contributed by atoms with Crippen LogP contribution in [-0.4, -0.2) is 6.54 Å². The minimum atomic E-state index is -0.449. The topological polar surface area (TPSA) is 26.0 Å². The number of hydrogen-bond acceptors (Lipinski definition) is 1. The van der Waals surface area contributed by atoms with Crippen LogP contribution in [0, 0.1) is 11.6 Å². The van der Waals surface area contributed by atoms with E-state index in [9.17, 15) is 8.78 Å². The monoisotopic (exact) mass is 225 g/mol. The van der Waals surface area contributed by atoms with Crippen molar-refractivity contribution in [1.82, 2.24) is 0 Å². The van der Waals surface area contributed by atoms with Crippen molar-refractivity contribution in [3.05, 3.63) is 34.9 Å². The summed E-state index contributed by atoms with van der Waals surface area (Å²) >= 11 is 0. The molecule has 0 saturated heterocycles. The second-order valence-corrected chi connectivity index (χ2v) is 4.62. The molecule has 0 amide bonds. The lowest BCUT2D eigenvalue weighted by atomic mass is 9.64. The van der Waals surface area contributed by atoms with E-state index in [0.29, 0.717) is 24.1 Å². The Bertz CT molecular complexity index is 392. The molecule has 0 heterocycles. The van der Waals surface area contributed by atoms with Gasteiger partial charge in [0.25, 0.3) is 0 Å². The van der Waals surface area contributed by atoms with Crippen LogP contribution >= 0.6 is 0 Å². The number of rotatable bonds is 3. The molecule has 2 rings (SSSR count). The summed E-state index contributed by atoms with van der Waals surface area (Å²) in [6, 6.07) is 2.67. The Labute approximate surface area is 94.7 Å². The van der Waals surface area contributed by atoms with Crippen LogP contribution in [0.15, 0.2) is 12.1 Å². The molecule has 1 aromatic carbocycles. The fourth-order valence-corrected chi connectivity index (χ4v) is 2.46. The van der Waals surface area contributed by atoms with Gasteiger partial charge in [0.05, 0.1) is 0 Å². The zero-order chi connectivity index (χ0) is 11.8. The van der Waals surface area contributed by atoms with Crippen molar-refractivity contribution in [3.8, 4) is 0 Å². The molecule has 1 aliphatic carbocycles. The van der Waals surface area contributed by atoms with Crippen molar-refractivity contribution in [1.29, 1.82) is 0 Å². The Hall–Kier alpha value is -0.960. The number of hydrogen-bond donors (Lipinski definition) is 1. The Morgan fingerprint density at radius 3 is 2.38 bits per heavy atom. The van der Waals surface area contributed by atoms with Gasteiger partial charge in [-0.2, -0.15) is 0 Å². The van der Waals surface area contributed by atoms with E-state index in [2.05, 4.69) is 0 Å². The summed E-state index contributed by atoms with van der Waals surface area (Å²) < 4.78 is 27.1. The molecule has 1 aromatic rings. The maximum absolute atomic E-state index is 13.8. The minimum absolute atomic E-state index is 0.234. The van der Waals surface area contributed by atoms with Crippen LogP contribution in [0.2, 0.25) is 0 Å². The molecule has 0 atom stereocenters. The first-order valence-electron chi connectivity index (χ1n) is 5.81. The molecule has 1 aliphatic rings. The first kappa shape index (κ1) is 11.5. The molecule has 16 heavy (non-hydrogen) atoms. The van der Waals surface area contributed by atoms with Crippen LogP contribution in [-0.2, 0) is 11.8 Å². The normalized spacial score (nSPS) is 18.2. The van der Waals surface area contributed by atoms with E-state index in [1.807, 2.05) is 6.92 Å². The predicted octanol–water partition coefficient (Wildman–Crippen LogP) is 2.91. The van der Waals surface area contributed by atoms with Crippen LogP contribution in [0.1, 0.15) is 37.3 Å². The van der Waals surface area contributed by atoms with Gasteiger partial charge in [-0.1, -0.05) is 13.3 Å². The summed E-state index contributed by atoms with van der Waals surface area (Å²) in [4.78, 5) is 0. The highest BCUT2D eigenvalue weighted by atomic mass is 19.1. The molecule has 1 saturated carbocycles. The van der Waals surface area contributed by atoms with E-state index in [-0.39, 0.29) is 5.41 Å². The number of aryl methyl sites for hydroxylation is 1.